The summed E-state index contributed by atoms with van der Waals surface area (Å²) in [5.41, 5.74) is -0.430. The molecule has 1 aliphatic carbocycles. The van der Waals surface area contributed by atoms with Gasteiger partial charge in [0.2, 0.25) is 5.91 Å². The third kappa shape index (κ3) is 3.19. The summed E-state index contributed by atoms with van der Waals surface area (Å²) in [6.07, 6.45) is 2.42. The van der Waals surface area contributed by atoms with Gasteiger partial charge in [0.25, 0.3) is 0 Å². The third-order valence-corrected chi connectivity index (χ3v) is 3.51. The molecule has 1 saturated carbocycles. The fourth-order valence-corrected chi connectivity index (χ4v) is 2.32. The van der Waals surface area contributed by atoms with E-state index >= 15 is 0 Å². The zero-order valence-electron chi connectivity index (χ0n) is 10.4. The molecule has 0 heterocycles. The van der Waals surface area contributed by atoms with E-state index in [0.29, 0.717) is 6.54 Å². The van der Waals surface area contributed by atoms with Gasteiger partial charge in [-0.15, -0.1) is 0 Å². The monoisotopic (exact) mass is 243 g/mol. The number of aliphatic hydroxyl groups excluding tert-OH is 1. The molecule has 98 valence electrons. The number of carbonyl (C=O) groups excluding carboxylic acids is 1. The van der Waals surface area contributed by atoms with Crippen LogP contribution in [0.15, 0.2) is 0 Å². The minimum Gasteiger partial charge on any atom is -0.481 e. The second kappa shape index (κ2) is 5.49. The zero-order valence-corrected chi connectivity index (χ0v) is 10.4. The Morgan fingerprint density at radius 2 is 1.82 bits per heavy atom. The van der Waals surface area contributed by atoms with E-state index in [0.717, 1.165) is 19.3 Å². The summed E-state index contributed by atoms with van der Waals surface area (Å²) in [5, 5.41) is 20.3. The molecular formula is C12H21NO4. The highest BCUT2D eigenvalue weighted by atomic mass is 16.4. The molecule has 0 spiro atoms. The molecule has 1 amide bonds. The van der Waals surface area contributed by atoms with Crippen molar-refractivity contribution in [3.05, 3.63) is 0 Å². The van der Waals surface area contributed by atoms with Crippen molar-refractivity contribution in [1.82, 2.24) is 5.32 Å². The summed E-state index contributed by atoms with van der Waals surface area (Å²) in [7, 11) is 0. The van der Waals surface area contributed by atoms with Crippen LogP contribution in [0.1, 0.15) is 33.1 Å². The van der Waals surface area contributed by atoms with Crippen molar-refractivity contribution in [2.45, 2.75) is 33.1 Å². The summed E-state index contributed by atoms with van der Waals surface area (Å²) < 4.78 is 0. The minimum absolute atomic E-state index is 0.161. The van der Waals surface area contributed by atoms with Crippen molar-refractivity contribution in [1.29, 1.82) is 0 Å². The van der Waals surface area contributed by atoms with E-state index in [9.17, 15) is 9.59 Å². The third-order valence-electron chi connectivity index (χ3n) is 3.51. The van der Waals surface area contributed by atoms with Gasteiger partial charge in [0.05, 0.1) is 11.8 Å². The molecule has 0 radical (unpaired) electrons. The van der Waals surface area contributed by atoms with Gasteiger partial charge in [-0.1, -0.05) is 13.8 Å². The van der Waals surface area contributed by atoms with E-state index in [1.54, 1.807) is 0 Å². The molecular weight excluding hydrogens is 222 g/mol. The highest BCUT2D eigenvalue weighted by molar-refractivity contribution is 5.91. The molecule has 3 N–H and O–H groups in total. The van der Waals surface area contributed by atoms with Gasteiger partial charge < -0.3 is 15.5 Å². The maximum atomic E-state index is 11.7. The molecule has 0 bridgehead atoms. The van der Waals surface area contributed by atoms with Crippen LogP contribution in [0.2, 0.25) is 0 Å². The molecule has 0 aromatic carbocycles. The lowest BCUT2D eigenvalue weighted by molar-refractivity contribution is -0.140. The quantitative estimate of drug-likeness (QED) is 0.572. The first-order valence-corrected chi connectivity index (χ1v) is 6.04. The van der Waals surface area contributed by atoms with E-state index in [4.69, 9.17) is 10.2 Å². The lowest BCUT2D eigenvalue weighted by Gasteiger charge is -2.05. The normalized spacial score (nSPS) is 25.4. The predicted octanol–water partition coefficient (Wildman–Crippen LogP) is 0.622. The van der Waals surface area contributed by atoms with Crippen LogP contribution in [0.25, 0.3) is 0 Å². The van der Waals surface area contributed by atoms with Crippen molar-refractivity contribution in [2.24, 2.45) is 17.3 Å². The number of hydrogen-bond donors (Lipinski definition) is 3. The zero-order chi connectivity index (χ0) is 13.1. The molecule has 0 aromatic rings. The van der Waals surface area contributed by atoms with Gasteiger partial charge in [0, 0.05) is 13.2 Å². The van der Waals surface area contributed by atoms with E-state index < -0.39 is 23.2 Å². The van der Waals surface area contributed by atoms with Gasteiger partial charge in [0.1, 0.15) is 0 Å². The Bertz CT molecular complexity index is 301. The van der Waals surface area contributed by atoms with Gasteiger partial charge in [-0.25, -0.2) is 0 Å². The summed E-state index contributed by atoms with van der Waals surface area (Å²) >= 11 is 0. The second-order valence-corrected chi connectivity index (χ2v) is 5.19. The number of aliphatic carboxylic acids is 1. The van der Waals surface area contributed by atoms with Gasteiger partial charge in [-0.2, -0.15) is 0 Å². The van der Waals surface area contributed by atoms with Crippen molar-refractivity contribution in [2.75, 3.05) is 13.2 Å². The highest BCUT2D eigenvalue weighted by Gasteiger charge is 2.65. The van der Waals surface area contributed by atoms with Crippen molar-refractivity contribution < 1.29 is 19.8 Å². The number of nitrogens with one attached hydrogen (secondary N) is 1. The Morgan fingerprint density at radius 3 is 2.29 bits per heavy atom. The van der Waals surface area contributed by atoms with Crippen LogP contribution in [-0.2, 0) is 9.59 Å². The number of carboxylic acids is 1. The first-order valence-electron chi connectivity index (χ1n) is 6.04. The van der Waals surface area contributed by atoms with E-state index in [-0.39, 0.29) is 12.5 Å². The number of aliphatic hydroxyl groups is 1. The molecule has 5 heteroatoms. The maximum Gasteiger partial charge on any atom is 0.307 e. The molecule has 0 saturated heterocycles. The minimum atomic E-state index is -0.893. The van der Waals surface area contributed by atoms with Crippen LogP contribution < -0.4 is 5.32 Å². The summed E-state index contributed by atoms with van der Waals surface area (Å²) in [4.78, 5) is 22.6. The Kier molecular flexibility index (Phi) is 4.51. The average molecular weight is 243 g/mol. The molecule has 2 unspecified atom stereocenters. The predicted molar refractivity (Wildman–Crippen MR) is 62.3 cm³/mol. The maximum absolute atomic E-state index is 11.7. The largest absolute Gasteiger partial charge is 0.481 e. The highest BCUT2D eigenvalue weighted by Crippen LogP contribution is 2.58. The molecule has 1 rings (SSSR count). The molecule has 0 aromatic heterocycles. The van der Waals surface area contributed by atoms with E-state index in [1.165, 1.54) is 0 Å². The van der Waals surface area contributed by atoms with Gasteiger partial charge in [-0.05, 0) is 24.7 Å². The molecule has 1 aliphatic rings. The topological polar surface area (TPSA) is 86.6 Å². The van der Waals surface area contributed by atoms with Crippen LogP contribution in [0.3, 0.4) is 0 Å². The standard InChI is InChI=1S/C12H21NO4/c1-12(2)8(9(12)11(16)17)10(15)13-6-4-3-5-7-14/h8-9,14H,3-7H2,1-2H3,(H,13,15)(H,16,17). The Balaban J connectivity index is 2.28. The molecule has 0 aliphatic heterocycles. The number of carboxylic acid groups (broad SMARTS) is 1. The molecule has 17 heavy (non-hydrogen) atoms. The number of carbonyl (C=O) groups is 2. The van der Waals surface area contributed by atoms with Crippen LogP contribution in [0, 0.1) is 17.3 Å². The summed E-state index contributed by atoms with van der Waals surface area (Å²) in [5.74, 6) is -2.01. The number of rotatable bonds is 7. The second-order valence-electron chi connectivity index (χ2n) is 5.19. The lowest BCUT2D eigenvalue weighted by atomic mass is 10.1. The summed E-state index contributed by atoms with van der Waals surface area (Å²) in [6.45, 7) is 4.34. The molecule has 5 nitrogen and oxygen atoms in total. The molecule has 2 atom stereocenters. The van der Waals surface area contributed by atoms with Gasteiger partial charge >= 0.3 is 5.97 Å². The fourth-order valence-electron chi connectivity index (χ4n) is 2.32. The van der Waals surface area contributed by atoms with Crippen LogP contribution in [0.4, 0.5) is 0 Å². The number of hydrogen-bond acceptors (Lipinski definition) is 3. The SMILES string of the molecule is CC1(C)C(C(=O)O)C1C(=O)NCCCCCO. The van der Waals surface area contributed by atoms with Crippen LogP contribution in [-0.4, -0.2) is 35.2 Å². The summed E-state index contributed by atoms with van der Waals surface area (Å²) in [6, 6.07) is 0. The molecule has 1 fully saturated rings. The average Bonchev–Trinajstić information content (AvgIpc) is 2.81. The number of amides is 1. The van der Waals surface area contributed by atoms with Gasteiger partial charge in [0.15, 0.2) is 0 Å². The first kappa shape index (κ1) is 14.0. The van der Waals surface area contributed by atoms with Crippen molar-refractivity contribution >= 4 is 11.9 Å². The Labute approximate surface area is 101 Å². The van der Waals surface area contributed by atoms with E-state index in [2.05, 4.69) is 5.32 Å². The fraction of sp³-hybridized carbons (Fsp3) is 0.833. The lowest BCUT2D eigenvalue weighted by Crippen LogP contribution is -2.28. The Hall–Kier alpha value is -1.10. The van der Waals surface area contributed by atoms with Crippen molar-refractivity contribution in [3.63, 3.8) is 0 Å². The smallest absolute Gasteiger partial charge is 0.307 e. The first-order chi connectivity index (χ1) is 7.92. The Morgan fingerprint density at radius 1 is 1.18 bits per heavy atom. The van der Waals surface area contributed by atoms with E-state index in [1.807, 2.05) is 13.8 Å². The number of unbranched alkanes of at least 4 members (excludes halogenated alkanes) is 2. The van der Waals surface area contributed by atoms with Crippen molar-refractivity contribution in [3.8, 4) is 0 Å². The van der Waals surface area contributed by atoms with Crippen LogP contribution >= 0.6 is 0 Å². The van der Waals surface area contributed by atoms with Crippen LogP contribution in [0.5, 0.6) is 0 Å². The van der Waals surface area contributed by atoms with Gasteiger partial charge in [-0.3, -0.25) is 9.59 Å².